The molecule has 0 aromatic rings. The molecule has 1 unspecified atom stereocenters. The van der Waals surface area contributed by atoms with Crippen molar-refractivity contribution in [1.82, 2.24) is 0 Å². The molecule has 0 rings (SSSR count). The van der Waals surface area contributed by atoms with E-state index in [-0.39, 0.29) is 38.0 Å². The molecule has 0 aliphatic carbocycles. The number of ether oxygens (including phenoxy) is 3. The lowest BCUT2D eigenvalue weighted by molar-refractivity contribution is -0.162. The number of esters is 2. The van der Waals surface area contributed by atoms with Crippen LogP contribution in [0.25, 0.3) is 0 Å². The molecule has 0 aromatic carbocycles. The first kappa shape index (κ1) is 59.8. The zero-order valence-electron chi connectivity index (χ0n) is 41.0. The van der Waals surface area contributed by atoms with Gasteiger partial charge in [0, 0.05) is 19.4 Å². The van der Waals surface area contributed by atoms with Crippen molar-refractivity contribution in [2.75, 3.05) is 19.8 Å². The molecule has 0 saturated carbocycles. The predicted molar refractivity (Wildman–Crippen MR) is 278 cm³/mol. The third-order valence-corrected chi connectivity index (χ3v) is 9.90. The van der Waals surface area contributed by atoms with Crippen molar-refractivity contribution < 1.29 is 23.8 Å². The van der Waals surface area contributed by atoms with Crippen molar-refractivity contribution in [2.45, 2.75) is 194 Å². The zero-order valence-corrected chi connectivity index (χ0v) is 41.0. The molecule has 64 heavy (non-hydrogen) atoms. The van der Waals surface area contributed by atoms with Gasteiger partial charge in [-0.1, -0.05) is 224 Å². The molecule has 0 spiro atoms. The molecular formula is C59H92O5. The van der Waals surface area contributed by atoms with Crippen molar-refractivity contribution >= 4 is 11.9 Å². The lowest BCUT2D eigenvalue weighted by Crippen LogP contribution is -2.30. The van der Waals surface area contributed by atoms with E-state index in [1.807, 2.05) is 12.2 Å². The van der Waals surface area contributed by atoms with E-state index in [1.165, 1.54) is 51.4 Å². The third kappa shape index (κ3) is 50.4. The van der Waals surface area contributed by atoms with Crippen molar-refractivity contribution in [1.29, 1.82) is 0 Å². The Bertz CT molecular complexity index is 1410. The van der Waals surface area contributed by atoms with Crippen LogP contribution in [0, 0.1) is 0 Å². The van der Waals surface area contributed by atoms with Crippen LogP contribution in [-0.4, -0.2) is 37.9 Å². The average Bonchev–Trinajstić information content (AvgIpc) is 3.30. The summed E-state index contributed by atoms with van der Waals surface area (Å²) < 4.78 is 17.2. The normalized spacial score (nSPS) is 13.5. The summed E-state index contributed by atoms with van der Waals surface area (Å²) in [6.07, 6.45) is 77.3. The Hall–Kier alpha value is -4.22. The molecule has 0 aliphatic rings. The second-order valence-corrected chi connectivity index (χ2v) is 16.0. The quantitative estimate of drug-likeness (QED) is 0.0347. The number of carbonyl (C=O) groups is 2. The van der Waals surface area contributed by atoms with Crippen LogP contribution in [0.1, 0.15) is 188 Å². The van der Waals surface area contributed by atoms with Gasteiger partial charge in [0.1, 0.15) is 6.61 Å². The maximum absolute atomic E-state index is 12.8. The summed E-state index contributed by atoms with van der Waals surface area (Å²) in [6, 6.07) is 0. The number of hydrogen-bond acceptors (Lipinski definition) is 5. The second-order valence-electron chi connectivity index (χ2n) is 16.0. The minimum Gasteiger partial charge on any atom is -0.462 e. The second kappa shape index (κ2) is 53.1. The summed E-state index contributed by atoms with van der Waals surface area (Å²) in [5.41, 5.74) is 0. The van der Waals surface area contributed by atoms with Crippen LogP contribution in [0.4, 0.5) is 0 Å². The highest BCUT2D eigenvalue weighted by Gasteiger charge is 2.17. The van der Waals surface area contributed by atoms with E-state index in [0.717, 1.165) is 89.9 Å². The van der Waals surface area contributed by atoms with E-state index in [4.69, 9.17) is 14.2 Å². The lowest BCUT2D eigenvalue weighted by Gasteiger charge is -2.18. The smallest absolute Gasteiger partial charge is 0.306 e. The third-order valence-electron chi connectivity index (χ3n) is 9.90. The summed E-state index contributed by atoms with van der Waals surface area (Å²) >= 11 is 0. The maximum atomic E-state index is 12.8. The molecule has 358 valence electrons. The van der Waals surface area contributed by atoms with Crippen LogP contribution < -0.4 is 0 Å². The van der Waals surface area contributed by atoms with Gasteiger partial charge in [0.25, 0.3) is 0 Å². The van der Waals surface area contributed by atoms with Gasteiger partial charge in [-0.3, -0.25) is 9.59 Å². The van der Waals surface area contributed by atoms with E-state index >= 15 is 0 Å². The van der Waals surface area contributed by atoms with Gasteiger partial charge in [-0.15, -0.1) is 0 Å². The van der Waals surface area contributed by atoms with Crippen molar-refractivity contribution in [3.8, 4) is 0 Å². The number of hydrogen-bond donors (Lipinski definition) is 0. The first-order valence-corrected chi connectivity index (χ1v) is 25.4. The van der Waals surface area contributed by atoms with E-state index in [1.54, 1.807) is 0 Å². The molecule has 5 nitrogen and oxygen atoms in total. The van der Waals surface area contributed by atoms with E-state index in [2.05, 4.69) is 154 Å². The number of unbranched alkanes of at least 4 members (excludes halogenated alkanes) is 9. The lowest BCUT2D eigenvalue weighted by atomic mass is 10.1. The molecule has 5 heteroatoms. The molecule has 0 heterocycles. The summed E-state index contributed by atoms with van der Waals surface area (Å²) in [4.78, 5) is 25.3. The van der Waals surface area contributed by atoms with E-state index < -0.39 is 6.10 Å². The Morgan fingerprint density at radius 3 is 1.03 bits per heavy atom. The minimum atomic E-state index is -0.615. The molecule has 0 saturated heterocycles. The van der Waals surface area contributed by atoms with Gasteiger partial charge in [-0.05, 0) is 96.3 Å². The number of rotatable bonds is 44. The molecule has 0 aliphatic heterocycles. The fraction of sp³-hybridized carbons (Fsp3) is 0.559. The molecule has 1 atom stereocenters. The van der Waals surface area contributed by atoms with Gasteiger partial charge >= 0.3 is 11.9 Å². The maximum Gasteiger partial charge on any atom is 0.306 e. The summed E-state index contributed by atoms with van der Waals surface area (Å²) in [5, 5.41) is 0. The van der Waals surface area contributed by atoms with Crippen LogP contribution >= 0.6 is 0 Å². The van der Waals surface area contributed by atoms with Crippen LogP contribution in [0.3, 0.4) is 0 Å². The fourth-order valence-electron chi connectivity index (χ4n) is 6.21. The first-order valence-electron chi connectivity index (χ1n) is 25.4. The molecule has 0 N–H and O–H groups in total. The highest BCUT2D eigenvalue weighted by molar-refractivity contribution is 5.70. The standard InChI is InChI=1S/C59H92O5/c1-4-7-10-13-16-19-22-24-26-28-30-32-34-36-38-40-43-46-49-52-58(60)63-56-57(55-62-54-51-48-45-42-21-18-15-12-9-6-3)64-59(61)53-50-47-44-41-39-37-35-33-31-29-27-25-23-20-17-14-11-8-5-2/h7-8,10-11,16-17,19-20,24-27,30-33,36-39,43-44,46-47,57H,4-6,9,12-15,18,21-23,28-29,34-35,40-42,45,48-56H2,1-3H3/b10-7-,11-8-,19-16-,20-17-,26-24-,27-25-,32-30-,33-31-,38-36-,39-37-,46-43-,47-44-. The van der Waals surface area contributed by atoms with E-state index in [0.29, 0.717) is 19.4 Å². The van der Waals surface area contributed by atoms with Gasteiger partial charge in [0.05, 0.1) is 6.61 Å². The van der Waals surface area contributed by atoms with Crippen molar-refractivity contribution in [2.24, 2.45) is 0 Å². The first-order chi connectivity index (χ1) is 31.6. The molecule has 0 fully saturated rings. The van der Waals surface area contributed by atoms with Gasteiger partial charge in [0.2, 0.25) is 0 Å². The minimum absolute atomic E-state index is 0.00622. The van der Waals surface area contributed by atoms with Crippen LogP contribution in [0.15, 0.2) is 146 Å². The van der Waals surface area contributed by atoms with Crippen LogP contribution in [0.2, 0.25) is 0 Å². The Kier molecular flexibility index (Phi) is 49.6. The Morgan fingerprint density at radius 2 is 0.672 bits per heavy atom. The average molecular weight is 881 g/mol. The summed E-state index contributed by atoms with van der Waals surface area (Å²) in [6.45, 7) is 7.40. The highest BCUT2D eigenvalue weighted by Crippen LogP contribution is 2.11. The number of carbonyl (C=O) groups excluding carboxylic acids is 2. The van der Waals surface area contributed by atoms with Gasteiger partial charge in [-0.2, -0.15) is 0 Å². The largest absolute Gasteiger partial charge is 0.462 e. The predicted octanol–water partition coefficient (Wildman–Crippen LogP) is 17.3. The van der Waals surface area contributed by atoms with E-state index in [9.17, 15) is 9.59 Å². The fourth-order valence-corrected chi connectivity index (χ4v) is 6.21. The molecule has 0 bridgehead atoms. The Balaban J connectivity index is 4.50. The molecule has 0 radical (unpaired) electrons. The highest BCUT2D eigenvalue weighted by atomic mass is 16.6. The Labute approximate surface area is 393 Å². The number of allylic oxidation sites excluding steroid dienone is 24. The SMILES string of the molecule is CC/C=C\C/C=C\C/C=C\C/C=C\C/C=C\C/C=C\CCC(=O)OCC(COCCCCCCCCCCCC)OC(=O)CC/C=C\C/C=C\C/C=C\C/C=C\C/C=C\C/C=C\CC. The van der Waals surface area contributed by atoms with Gasteiger partial charge < -0.3 is 14.2 Å². The monoisotopic (exact) mass is 881 g/mol. The molecular weight excluding hydrogens is 789 g/mol. The summed E-state index contributed by atoms with van der Waals surface area (Å²) in [7, 11) is 0. The van der Waals surface area contributed by atoms with Gasteiger partial charge in [0.15, 0.2) is 6.10 Å². The van der Waals surface area contributed by atoms with Crippen LogP contribution in [-0.2, 0) is 23.8 Å². The van der Waals surface area contributed by atoms with Crippen LogP contribution in [0.5, 0.6) is 0 Å². The topological polar surface area (TPSA) is 61.8 Å². The zero-order chi connectivity index (χ0) is 46.3. The van der Waals surface area contributed by atoms with Gasteiger partial charge in [-0.25, -0.2) is 0 Å². The Morgan fingerprint density at radius 1 is 0.359 bits per heavy atom. The summed E-state index contributed by atoms with van der Waals surface area (Å²) in [5.74, 6) is -0.602. The van der Waals surface area contributed by atoms with Crippen molar-refractivity contribution in [3.05, 3.63) is 146 Å². The molecule has 0 aromatic heterocycles. The van der Waals surface area contributed by atoms with Crippen molar-refractivity contribution in [3.63, 3.8) is 0 Å². The molecule has 0 amide bonds.